The number of nitrogens with one attached hydrogen (secondary N) is 1. The van der Waals surface area contributed by atoms with Crippen molar-refractivity contribution in [3.05, 3.63) is 34.6 Å². The molecule has 0 atom stereocenters. The third-order valence-corrected chi connectivity index (χ3v) is 1.53. The zero-order valence-electron chi connectivity index (χ0n) is 5.97. The van der Waals surface area contributed by atoms with Crippen LogP contribution >= 0.6 is 24.0 Å². The Bertz CT molecular complexity index is 301. The van der Waals surface area contributed by atoms with Crippen LogP contribution in [0.4, 0.5) is 4.39 Å². The van der Waals surface area contributed by atoms with Crippen molar-refractivity contribution in [2.24, 2.45) is 5.73 Å². The number of halogens is 3. The van der Waals surface area contributed by atoms with Crippen LogP contribution in [0, 0.1) is 11.2 Å². The van der Waals surface area contributed by atoms with Crippen molar-refractivity contribution in [3.63, 3.8) is 0 Å². The highest BCUT2D eigenvalue weighted by Gasteiger charge is 2.07. The minimum atomic E-state index is -0.637. The third-order valence-electron chi connectivity index (χ3n) is 1.24. The van der Waals surface area contributed by atoms with E-state index in [1.165, 1.54) is 12.1 Å². The molecule has 0 bridgehead atoms. The summed E-state index contributed by atoms with van der Waals surface area (Å²) in [4.78, 5) is 0. The maximum atomic E-state index is 12.9. The molecule has 0 unspecified atom stereocenters. The van der Waals surface area contributed by atoms with Crippen molar-refractivity contribution in [2.75, 3.05) is 0 Å². The van der Waals surface area contributed by atoms with Crippen LogP contribution in [0.5, 0.6) is 0 Å². The molecule has 0 aromatic heterocycles. The van der Waals surface area contributed by atoms with Gasteiger partial charge in [-0.25, -0.2) is 4.39 Å². The van der Waals surface area contributed by atoms with Gasteiger partial charge in [0.05, 0.1) is 10.6 Å². The lowest BCUT2D eigenvalue weighted by atomic mass is 10.2. The average Bonchev–Trinajstić information content (AvgIpc) is 1.94. The van der Waals surface area contributed by atoms with Crippen LogP contribution in [-0.2, 0) is 0 Å². The number of hydrogen-bond acceptors (Lipinski definition) is 1. The molecule has 1 rings (SSSR count). The molecule has 0 saturated heterocycles. The lowest BCUT2D eigenvalue weighted by Gasteiger charge is -2.00. The van der Waals surface area contributed by atoms with E-state index in [1.807, 2.05) is 0 Å². The van der Waals surface area contributed by atoms with Crippen molar-refractivity contribution in [2.45, 2.75) is 0 Å². The SMILES string of the molecule is Cl.N=C(N)c1cccc(Cl)c1F. The minimum absolute atomic E-state index is 0. The second-order valence-electron chi connectivity index (χ2n) is 2.02. The highest BCUT2D eigenvalue weighted by atomic mass is 35.5. The van der Waals surface area contributed by atoms with Crippen molar-refractivity contribution < 1.29 is 4.39 Å². The first kappa shape index (κ1) is 11.2. The lowest BCUT2D eigenvalue weighted by molar-refractivity contribution is 0.625. The van der Waals surface area contributed by atoms with E-state index >= 15 is 0 Å². The van der Waals surface area contributed by atoms with Crippen LogP contribution in [0.1, 0.15) is 5.56 Å². The number of rotatable bonds is 1. The first-order valence-corrected chi connectivity index (χ1v) is 3.29. The van der Waals surface area contributed by atoms with Gasteiger partial charge in [-0.1, -0.05) is 17.7 Å². The van der Waals surface area contributed by atoms with Gasteiger partial charge in [0.15, 0.2) is 5.82 Å². The maximum absolute atomic E-state index is 12.9. The molecule has 1 aromatic carbocycles. The van der Waals surface area contributed by atoms with Crippen LogP contribution in [-0.4, -0.2) is 5.84 Å². The number of amidine groups is 1. The summed E-state index contributed by atoms with van der Waals surface area (Å²) >= 11 is 5.43. The summed E-state index contributed by atoms with van der Waals surface area (Å²) in [5, 5.41) is 6.94. The fraction of sp³-hybridized carbons (Fsp3) is 0. The highest BCUT2D eigenvalue weighted by Crippen LogP contribution is 2.16. The number of benzene rings is 1. The molecule has 0 aliphatic rings. The lowest BCUT2D eigenvalue weighted by Crippen LogP contribution is -2.13. The smallest absolute Gasteiger partial charge is 0.152 e. The van der Waals surface area contributed by atoms with E-state index in [4.69, 9.17) is 22.7 Å². The molecule has 0 aliphatic carbocycles. The topological polar surface area (TPSA) is 49.9 Å². The van der Waals surface area contributed by atoms with E-state index in [0.29, 0.717) is 0 Å². The van der Waals surface area contributed by atoms with Crippen LogP contribution in [0.3, 0.4) is 0 Å². The second kappa shape index (κ2) is 4.28. The third kappa shape index (κ3) is 2.09. The van der Waals surface area contributed by atoms with E-state index < -0.39 is 5.82 Å². The normalized spacial score (nSPS) is 8.83. The first-order valence-electron chi connectivity index (χ1n) is 2.91. The van der Waals surface area contributed by atoms with Crippen LogP contribution in [0.2, 0.25) is 5.02 Å². The van der Waals surface area contributed by atoms with Crippen LogP contribution in [0.15, 0.2) is 18.2 Å². The Balaban J connectivity index is 0.00000121. The molecule has 0 spiro atoms. The molecular formula is C7H7Cl2FN2. The molecule has 5 heteroatoms. The quantitative estimate of drug-likeness (QED) is 0.540. The van der Waals surface area contributed by atoms with Gasteiger partial charge in [0.25, 0.3) is 0 Å². The molecule has 1 aromatic rings. The molecular weight excluding hydrogens is 202 g/mol. The number of hydrogen-bond donors (Lipinski definition) is 2. The van der Waals surface area contributed by atoms with E-state index in [-0.39, 0.29) is 28.8 Å². The summed E-state index contributed by atoms with van der Waals surface area (Å²) in [6, 6.07) is 4.36. The van der Waals surface area contributed by atoms with Gasteiger partial charge in [-0.15, -0.1) is 12.4 Å². The van der Waals surface area contributed by atoms with Gasteiger partial charge < -0.3 is 5.73 Å². The molecule has 0 heterocycles. The molecule has 66 valence electrons. The monoisotopic (exact) mass is 208 g/mol. The second-order valence-corrected chi connectivity index (χ2v) is 2.42. The number of nitrogens with two attached hydrogens (primary N) is 1. The Morgan fingerprint density at radius 2 is 2.08 bits per heavy atom. The van der Waals surface area contributed by atoms with Gasteiger partial charge in [0.2, 0.25) is 0 Å². The van der Waals surface area contributed by atoms with Crippen molar-refractivity contribution in [1.29, 1.82) is 5.41 Å². The van der Waals surface area contributed by atoms with E-state index in [2.05, 4.69) is 0 Å². The summed E-state index contributed by atoms with van der Waals surface area (Å²) in [6.45, 7) is 0. The summed E-state index contributed by atoms with van der Waals surface area (Å²) in [7, 11) is 0. The summed E-state index contributed by atoms with van der Waals surface area (Å²) < 4.78 is 12.9. The molecule has 3 N–H and O–H groups in total. The standard InChI is InChI=1S/C7H6ClFN2.ClH/c8-5-3-1-2-4(6(5)9)7(10)11;/h1-3H,(H3,10,11);1H. The minimum Gasteiger partial charge on any atom is -0.384 e. The molecule has 0 amide bonds. The molecule has 0 aliphatic heterocycles. The Hall–Kier alpha value is -0.800. The molecule has 2 nitrogen and oxygen atoms in total. The Kier molecular flexibility index (Phi) is 4.00. The highest BCUT2D eigenvalue weighted by molar-refractivity contribution is 6.31. The molecule has 12 heavy (non-hydrogen) atoms. The van der Waals surface area contributed by atoms with Crippen LogP contribution < -0.4 is 5.73 Å². The van der Waals surface area contributed by atoms with Gasteiger partial charge in [-0.3, -0.25) is 5.41 Å². The van der Waals surface area contributed by atoms with Crippen LogP contribution in [0.25, 0.3) is 0 Å². The molecule has 0 fully saturated rings. The van der Waals surface area contributed by atoms with Crippen molar-refractivity contribution in [1.82, 2.24) is 0 Å². The Labute approximate surface area is 80.4 Å². The van der Waals surface area contributed by atoms with Gasteiger partial charge in [0.1, 0.15) is 5.84 Å². The fourth-order valence-electron chi connectivity index (χ4n) is 0.712. The summed E-state index contributed by atoms with van der Waals surface area (Å²) in [5.41, 5.74) is 5.11. The first-order chi connectivity index (χ1) is 5.13. The largest absolute Gasteiger partial charge is 0.384 e. The van der Waals surface area contributed by atoms with Gasteiger partial charge in [-0.05, 0) is 12.1 Å². The fourth-order valence-corrected chi connectivity index (χ4v) is 0.886. The van der Waals surface area contributed by atoms with Gasteiger partial charge >= 0.3 is 0 Å². The zero-order valence-corrected chi connectivity index (χ0v) is 7.55. The predicted octanol–water partition coefficient (Wildman–Crippen LogP) is 2.18. The van der Waals surface area contributed by atoms with E-state index in [0.717, 1.165) is 0 Å². The Morgan fingerprint density at radius 1 is 1.50 bits per heavy atom. The van der Waals surface area contributed by atoms with Gasteiger partial charge in [0, 0.05) is 0 Å². The molecule has 0 radical (unpaired) electrons. The predicted molar refractivity (Wildman–Crippen MR) is 49.7 cm³/mol. The van der Waals surface area contributed by atoms with Gasteiger partial charge in [-0.2, -0.15) is 0 Å². The Morgan fingerprint density at radius 3 is 2.50 bits per heavy atom. The van der Waals surface area contributed by atoms with E-state index in [1.54, 1.807) is 6.07 Å². The van der Waals surface area contributed by atoms with Crippen molar-refractivity contribution >= 4 is 29.8 Å². The summed E-state index contributed by atoms with van der Waals surface area (Å²) in [6.07, 6.45) is 0. The zero-order chi connectivity index (χ0) is 8.43. The van der Waals surface area contributed by atoms with Crippen molar-refractivity contribution in [3.8, 4) is 0 Å². The average molecular weight is 209 g/mol. The number of nitrogen functional groups attached to an aromatic ring is 1. The van der Waals surface area contributed by atoms with E-state index in [9.17, 15) is 4.39 Å². The molecule has 0 saturated carbocycles. The maximum Gasteiger partial charge on any atom is 0.152 e. The summed E-state index contributed by atoms with van der Waals surface area (Å²) in [5.74, 6) is -0.952.